The molecule has 1 amide bonds. The van der Waals surface area contributed by atoms with Gasteiger partial charge in [0.15, 0.2) is 0 Å². The van der Waals surface area contributed by atoms with E-state index in [2.05, 4.69) is 5.32 Å². The lowest BCUT2D eigenvalue weighted by atomic mass is 9.67. The molecule has 0 aromatic rings. The summed E-state index contributed by atoms with van der Waals surface area (Å²) in [5.74, 6) is -1.15. The number of carbonyl (C=O) groups is 2. The van der Waals surface area contributed by atoms with Gasteiger partial charge in [0.05, 0.1) is 0 Å². The Bertz CT molecular complexity index is 226. The highest BCUT2D eigenvalue weighted by Gasteiger charge is 2.51. The first-order chi connectivity index (χ1) is 5.49. The number of amides is 1. The Balaban J connectivity index is 2.74. The molecular weight excluding hydrogens is 158 g/mol. The first kappa shape index (κ1) is 9.03. The van der Waals surface area contributed by atoms with Crippen LogP contribution in [0.15, 0.2) is 0 Å². The van der Waals surface area contributed by atoms with Crippen LogP contribution >= 0.6 is 0 Å². The summed E-state index contributed by atoms with van der Waals surface area (Å²) in [6, 6.07) is 0. The van der Waals surface area contributed by atoms with Gasteiger partial charge in [-0.2, -0.15) is 0 Å². The van der Waals surface area contributed by atoms with E-state index in [0.29, 0.717) is 6.42 Å². The Morgan fingerprint density at radius 3 is 2.25 bits per heavy atom. The van der Waals surface area contributed by atoms with E-state index >= 15 is 0 Å². The Morgan fingerprint density at radius 2 is 2.17 bits per heavy atom. The molecule has 1 fully saturated rings. The highest BCUT2D eigenvalue weighted by molar-refractivity contribution is 5.87. The third-order valence-electron chi connectivity index (χ3n) is 2.59. The summed E-state index contributed by atoms with van der Waals surface area (Å²) in [5, 5.41) is 11.4. The van der Waals surface area contributed by atoms with Crippen molar-refractivity contribution in [3.63, 3.8) is 0 Å². The van der Waals surface area contributed by atoms with Crippen LogP contribution in [-0.2, 0) is 9.59 Å². The number of aliphatic carboxylic acids is 1. The van der Waals surface area contributed by atoms with Gasteiger partial charge in [0, 0.05) is 6.92 Å². The van der Waals surface area contributed by atoms with Crippen molar-refractivity contribution in [1.29, 1.82) is 0 Å². The van der Waals surface area contributed by atoms with Gasteiger partial charge in [-0.3, -0.25) is 4.79 Å². The van der Waals surface area contributed by atoms with Crippen molar-refractivity contribution < 1.29 is 14.7 Å². The summed E-state index contributed by atoms with van der Waals surface area (Å²) in [6.45, 7) is 3.18. The van der Waals surface area contributed by atoms with Crippen molar-refractivity contribution in [3.8, 4) is 0 Å². The molecule has 4 nitrogen and oxygen atoms in total. The molecular formula is C8H13NO3. The summed E-state index contributed by atoms with van der Waals surface area (Å²) in [4.78, 5) is 21.6. The molecule has 0 aliphatic heterocycles. The monoisotopic (exact) mass is 171 g/mol. The smallest absolute Gasteiger partial charge is 0.329 e. The molecule has 0 bridgehead atoms. The molecule has 1 aliphatic carbocycles. The highest BCUT2D eigenvalue weighted by atomic mass is 16.4. The molecule has 0 spiro atoms. The second-order valence-corrected chi connectivity index (χ2v) is 3.40. The van der Waals surface area contributed by atoms with Gasteiger partial charge in [0.25, 0.3) is 0 Å². The molecule has 1 aliphatic rings. The van der Waals surface area contributed by atoms with Crippen LogP contribution in [0.4, 0.5) is 0 Å². The maximum Gasteiger partial charge on any atom is 0.329 e. The van der Waals surface area contributed by atoms with Crippen LogP contribution in [0.2, 0.25) is 0 Å². The first-order valence-corrected chi connectivity index (χ1v) is 4.01. The number of carboxylic acids is 1. The predicted molar refractivity (Wildman–Crippen MR) is 42.6 cm³/mol. The summed E-state index contributed by atoms with van der Waals surface area (Å²) >= 11 is 0. The molecule has 4 heteroatoms. The zero-order valence-electron chi connectivity index (χ0n) is 7.26. The summed E-state index contributed by atoms with van der Waals surface area (Å²) in [6.07, 6.45) is 1.41. The van der Waals surface area contributed by atoms with Crippen LogP contribution < -0.4 is 5.32 Å². The Kier molecular flexibility index (Phi) is 2.08. The SMILES string of the molecule is CC(=O)N[C@@]1(C(=O)O)CC[C@H]1C. The van der Waals surface area contributed by atoms with E-state index < -0.39 is 11.5 Å². The molecule has 2 atom stereocenters. The lowest BCUT2D eigenvalue weighted by Gasteiger charge is -2.44. The third-order valence-corrected chi connectivity index (χ3v) is 2.59. The number of carbonyl (C=O) groups excluding carboxylic acids is 1. The molecule has 0 saturated heterocycles. The van der Waals surface area contributed by atoms with Gasteiger partial charge >= 0.3 is 5.97 Å². The summed E-state index contributed by atoms with van der Waals surface area (Å²) in [5.41, 5.74) is -0.980. The van der Waals surface area contributed by atoms with E-state index in [0.717, 1.165) is 6.42 Å². The highest BCUT2D eigenvalue weighted by Crippen LogP contribution is 2.38. The van der Waals surface area contributed by atoms with Crippen LogP contribution in [0, 0.1) is 5.92 Å². The van der Waals surface area contributed by atoms with Crippen LogP contribution in [-0.4, -0.2) is 22.5 Å². The average Bonchev–Trinajstić information content (AvgIpc) is 1.96. The lowest BCUT2D eigenvalue weighted by Crippen LogP contribution is -2.63. The number of hydrogen-bond donors (Lipinski definition) is 2. The fraction of sp³-hybridized carbons (Fsp3) is 0.750. The van der Waals surface area contributed by atoms with E-state index in [9.17, 15) is 9.59 Å². The van der Waals surface area contributed by atoms with E-state index in [1.807, 2.05) is 6.92 Å². The largest absolute Gasteiger partial charge is 0.479 e. The molecule has 1 rings (SSSR count). The fourth-order valence-corrected chi connectivity index (χ4v) is 1.59. The molecule has 0 aromatic carbocycles. The van der Waals surface area contributed by atoms with Crippen LogP contribution in [0.1, 0.15) is 26.7 Å². The zero-order chi connectivity index (χ0) is 9.35. The van der Waals surface area contributed by atoms with Crippen molar-refractivity contribution in [2.75, 3.05) is 0 Å². The first-order valence-electron chi connectivity index (χ1n) is 4.01. The van der Waals surface area contributed by atoms with Gasteiger partial charge in [0.2, 0.25) is 5.91 Å². The van der Waals surface area contributed by atoms with Crippen molar-refractivity contribution in [1.82, 2.24) is 5.32 Å². The van der Waals surface area contributed by atoms with Crippen LogP contribution in [0.25, 0.3) is 0 Å². The van der Waals surface area contributed by atoms with Crippen LogP contribution in [0.5, 0.6) is 0 Å². The van der Waals surface area contributed by atoms with Crippen molar-refractivity contribution in [3.05, 3.63) is 0 Å². The standard InChI is InChI=1S/C8H13NO3/c1-5-3-4-8(5,7(11)12)9-6(2)10/h5H,3-4H2,1-2H3,(H,9,10)(H,11,12)/t5-,8+/m1/s1. The maximum absolute atomic E-state index is 10.8. The zero-order valence-corrected chi connectivity index (χ0v) is 7.26. The molecule has 0 radical (unpaired) electrons. The van der Waals surface area contributed by atoms with Gasteiger partial charge in [0.1, 0.15) is 5.54 Å². The molecule has 0 heterocycles. The molecule has 1 saturated carbocycles. The fourth-order valence-electron chi connectivity index (χ4n) is 1.59. The molecule has 0 unspecified atom stereocenters. The topological polar surface area (TPSA) is 66.4 Å². The van der Waals surface area contributed by atoms with Crippen molar-refractivity contribution in [2.24, 2.45) is 5.92 Å². The lowest BCUT2D eigenvalue weighted by molar-refractivity contribution is -0.155. The van der Waals surface area contributed by atoms with Gasteiger partial charge in [-0.15, -0.1) is 0 Å². The number of rotatable bonds is 2. The molecule has 0 aromatic heterocycles. The quantitative estimate of drug-likeness (QED) is 0.631. The predicted octanol–water partition coefficient (Wildman–Crippen LogP) is 0.376. The van der Waals surface area contributed by atoms with E-state index in [-0.39, 0.29) is 11.8 Å². The van der Waals surface area contributed by atoms with Gasteiger partial charge in [-0.25, -0.2) is 4.79 Å². The van der Waals surface area contributed by atoms with Crippen molar-refractivity contribution in [2.45, 2.75) is 32.2 Å². The minimum atomic E-state index is -0.980. The van der Waals surface area contributed by atoms with Gasteiger partial charge in [-0.05, 0) is 18.8 Å². The van der Waals surface area contributed by atoms with Gasteiger partial charge < -0.3 is 10.4 Å². The summed E-state index contributed by atoms with van der Waals surface area (Å²) in [7, 11) is 0. The minimum Gasteiger partial charge on any atom is -0.479 e. The van der Waals surface area contributed by atoms with Crippen molar-refractivity contribution >= 4 is 11.9 Å². The third kappa shape index (κ3) is 1.17. The normalized spacial score (nSPS) is 33.7. The molecule has 2 N–H and O–H groups in total. The number of carboxylic acid groups (broad SMARTS) is 1. The molecule has 12 heavy (non-hydrogen) atoms. The van der Waals surface area contributed by atoms with Gasteiger partial charge in [-0.1, -0.05) is 6.92 Å². The Morgan fingerprint density at radius 1 is 1.58 bits per heavy atom. The van der Waals surface area contributed by atoms with E-state index in [4.69, 9.17) is 5.11 Å². The van der Waals surface area contributed by atoms with Crippen LogP contribution in [0.3, 0.4) is 0 Å². The maximum atomic E-state index is 10.8. The van der Waals surface area contributed by atoms with E-state index in [1.54, 1.807) is 0 Å². The second-order valence-electron chi connectivity index (χ2n) is 3.40. The Labute approximate surface area is 71.0 Å². The minimum absolute atomic E-state index is 0.0406. The second kappa shape index (κ2) is 2.77. The summed E-state index contributed by atoms with van der Waals surface area (Å²) < 4.78 is 0. The van der Waals surface area contributed by atoms with E-state index in [1.165, 1.54) is 6.92 Å². The molecule has 68 valence electrons. The Hall–Kier alpha value is -1.06. The average molecular weight is 171 g/mol. The number of hydrogen-bond acceptors (Lipinski definition) is 2. The number of nitrogens with one attached hydrogen (secondary N) is 1.